The van der Waals surface area contributed by atoms with E-state index in [-0.39, 0.29) is 17.3 Å². The Balaban J connectivity index is 2.04. The maximum Gasteiger partial charge on any atom is 0.264 e. The van der Waals surface area contributed by atoms with E-state index in [1.165, 1.54) is 17.0 Å². The van der Waals surface area contributed by atoms with E-state index in [1.807, 2.05) is 27.7 Å². The summed E-state index contributed by atoms with van der Waals surface area (Å²) in [5, 5.41) is 3.55. The number of nitrogens with one attached hydrogen (secondary N) is 1. The minimum absolute atomic E-state index is 0.00715. The van der Waals surface area contributed by atoms with Gasteiger partial charge < -0.3 is 10.2 Å². The number of benzene rings is 3. The third kappa shape index (κ3) is 8.22. The summed E-state index contributed by atoms with van der Waals surface area (Å²) in [6, 6.07) is 17.0. The van der Waals surface area contributed by atoms with Crippen molar-refractivity contribution < 1.29 is 18.0 Å². The minimum Gasteiger partial charge on any atom is -0.350 e. The van der Waals surface area contributed by atoms with Gasteiger partial charge >= 0.3 is 0 Å². The summed E-state index contributed by atoms with van der Waals surface area (Å²) in [6.45, 7) is 8.45. The molecule has 0 fully saturated rings. The lowest BCUT2D eigenvalue weighted by atomic mass is 10.1. The second kappa shape index (κ2) is 12.9. The van der Waals surface area contributed by atoms with Crippen LogP contribution in [-0.4, -0.2) is 43.3 Å². The third-order valence-electron chi connectivity index (χ3n) is 6.00. The van der Waals surface area contributed by atoms with Crippen LogP contribution in [-0.2, 0) is 26.2 Å². The molecular weight excluding hydrogens is 637 g/mol. The molecule has 0 radical (unpaired) electrons. The zero-order valence-electron chi connectivity index (χ0n) is 22.9. The van der Waals surface area contributed by atoms with Crippen LogP contribution in [0.1, 0.15) is 38.8 Å². The average Bonchev–Trinajstić information content (AvgIpc) is 2.87. The molecule has 7 nitrogen and oxygen atoms in total. The van der Waals surface area contributed by atoms with Gasteiger partial charge in [0.05, 0.1) is 20.6 Å². The van der Waals surface area contributed by atoms with Crippen molar-refractivity contribution in [3.05, 3.63) is 92.4 Å². The van der Waals surface area contributed by atoms with Crippen molar-refractivity contribution in [1.82, 2.24) is 10.2 Å². The quantitative estimate of drug-likeness (QED) is 0.279. The van der Waals surface area contributed by atoms with Crippen LogP contribution in [0.5, 0.6) is 0 Å². The second-order valence-electron chi connectivity index (χ2n) is 10.5. The van der Waals surface area contributed by atoms with Crippen LogP contribution in [0.15, 0.2) is 76.1 Å². The molecule has 2 amide bonds. The summed E-state index contributed by atoms with van der Waals surface area (Å²) in [6.07, 6.45) is 0. The number of carbonyl (C=O) groups excluding carboxylic acids is 2. The highest BCUT2D eigenvalue weighted by atomic mass is 79.9. The normalized spacial score (nSPS) is 12.5. The monoisotopic (exact) mass is 667 g/mol. The van der Waals surface area contributed by atoms with Gasteiger partial charge in [-0.05, 0) is 88.7 Å². The highest BCUT2D eigenvalue weighted by Gasteiger charge is 2.33. The number of aryl methyl sites for hydroxylation is 1. The topological polar surface area (TPSA) is 86.8 Å². The van der Waals surface area contributed by atoms with Crippen LogP contribution in [0, 0.1) is 6.92 Å². The van der Waals surface area contributed by atoms with Gasteiger partial charge in [-0.25, -0.2) is 8.42 Å². The Bertz CT molecular complexity index is 1470. The highest BCUT2D eigenvalue weighted by Crippen LogP contribution is 2.27. The number of halogens is 3. The smallest absolute Gasteiger partial charge is 0.264 e. The van der Waals surface area contributed by atoms with Gasteiger partial charge in [0, 0.05) is 16.6 Å². The van der Waals surface area contributed by atoms with Gasteiger partial charge in [-0.3, -0.25) is 13.9 Å². The van der Waals surface area contributed by atoms with E-state index in [0.29, 0.717) is 21.3 Å². The molecule has 40 heavy (non-hydrogen) atoms. The van der Waals surface area contributed by atoms with E-state index < -0.39 is 34.1 Å². The van der Waals surface area contributed by atoms with Gasteiger partial charge in [0.1, 0.15) is 12.6 Å². The largest absolute Gasteiger partial charge is 0.350 e. The van der Waals surface area contributed by atoms with Crippen molar-refractivity contribution in [3.63, 3.8) is 0 Å². The van der Waals surface area contributed by atoms with Gasteiger partial charge in [-0.1, -0.05) is 62.9 Å². The van der Waals surface area contributed by atoms with E-state index in [1.54, 1.807) is 61.5 Å². The van der Waals surface area contributed by atoms with Crippen LogP contribution in [0.25, 0.3) is 0 Å². The average molecular weight is 669 g/mol. The van der Waals surface area contributed by atoms with Crippen molar-refractivity contribution in [2.24, 2.45) is 0 Å². The lowest BCUT2D eigenvalue weighted by Crippen LogP contribution is -2.54. The van der Waals surface area contributed by atoms with Crippen molar-refractivity contribution >= 4 is 66.7 Å². The summed E-state index contributed by atoms with van der Waals surface area (Å²) in [5.41, 5.74) is 1.30. The number of nitrogens with zero attached hydrogens (tertiary/aromatic N) is 2. The standard InChI is InChI=1S/C29H32BrCl2N3O4S/c1-19-6-13-24(14-7-19)40(38,39)35(23-11-9-22(30)10-12-23)18-27(36)34(20(2)28(37)33-29(3,4)5)17-21-8-15-25(31)26(32)16-21/h6-16,20H,17-18H2,1-5H3,(H,33,37). The SMILES string of the molecule is Cc1ccc(S(=O)(=O)N(CC(=O)N(Cc2ccc(Cl)c(Cl)c2)C(C)C(=O)NC(C)(C)C)c2ccc(Br)cc2)cc1. The predicted molar refractivity (Wildman–Crippen MR) is 164 cm³/mol. The van der Waals surface area contributed by atoms with Gasteiger partial charge in [-0.2, -0.15) is 0 Å². The third-order valence-corrected chi connectivity index (χ3v) is 9.06. The molecule has 214 valence electrons. The van der Waals surface area contributed by atoms with Crippen molar-refractivity contribution in [1.29, 1.82) is 0 Å². The lowest BCUT2D eigenvalue weighted by Gasteiger charge is -2.33. The molecule has 3 aromatic carbocycles. The molecule has 0 saturated heterocycles. The highest BCUT2D eigenvalue weighted by molar-refractivity contribution is 9.10. The summed E-state index contributed by atoms with van der Waals surface area (Å²) < 4.78 is 29.5. The Hall–Kier alpha value is -2.59. The zero-order valence-corrected chi connectivity index (χ0v) is 26.8. The summed E-state index contributed by atoms with van der Waals surface area (Å²) in [7, 11) is -4.14. The minimum atomic E-state index is -4.14. The maximum absolute atomic E-state index is 14.0. The number of hydrogen-bond acceptors (Lipinski definition) is 4. The lowest BCUT2D eigenvalue weighted by molar-refractivity contribution is -0.140. The van der Waals surface area contributed by atoms with E-state index in [4.69, 9.17) is 23.2 Å². The number of carbonyl (C=O) groups is 2. The molecule has 0 spiro atoms. The van der Waals surface area contributed by atoms with Crippen LogP contribution in [0.2, 0.25) is 10.0 Å². The fraction of sp³-hybridized carbons (Fsp3) is 0.310. The van der Waals surface area contributed by atoms with E-state index in [0.717, 1.165) is 14.3 Å². The molecule has 1 atom stereocenters. The molecule has 11 heteroatoms. The Kier molecular flexibility index (Phi) is 10.3. The first kappa shape index (κ1) is 31.9. The van der Waals surface area contributed by atoms with Crippen molar-refractivity contribution in [2.45, 2.75) is 57.6 Å². The molecule has 0 saturated carbocycles. The van der Waals surface area contributed by atoms with Gasteiger partial charge in [0.25, 0.3) is 10.0 Å². The van der Waals surface area contributed by atoms with E-state index in [9.17, 15) is 18.0 Å². The Morgan fingerprint density at radius 3 is 2.10 bits per heavy atom. The van der Waals surface area contributed by atoms with Crippen LogP contribution in [0.4, 0.5) is 5.69 Å². The van der Waals surface area contributed by atoms with Crippen LogP contribution >= 0.6 is 39.1 Å². The molecular formula is C29H32BrCl2N3O4S. The fourth-order valence-corrected chi connectivity index (χ4v) is 5.86. The Morgan fingerprint density at radius 1 is 0.950 bits per heavy atom. The Labute approximate surface area is 254 Å². The molecule has 0 bridgehead atoms. The van der Waals surface area contributed by atoms with Gasteiger partial charge in [0.2, 0.25) is 11.8 Å². The summed E-state index contributed by atoms with van der Waals surface area (Å²) in [5.74, 6) is -0.946. The first-order valence-electron chi connectivity index (χ1n) is 12.5. The van der Waals surface area contributed by atoms with E-state index in [2.05, 4.69) is 21.2 Å². The molecule has 0 aliphatic heterocycles. The predicted octanol–water partition coefficient (Wildman–Crippen LogP) is 6.59. The first-order valence-corrected chi connectivity index (χ1v) is 15.5. The summed E-state index contributed by atoms with van der Waals surface area (Å²) >= 11 is 15.7. The second-order valence-corrected chi connectivity index (χ2v) is 14.1. The zero-order chi connectivity index (χ0) is 29.8. The molecule has 3 rings (SSSR count). The molecule has 0 aromatic heterocycles. The number of hydrogen-bond donors (Lipinski definition) is 1. The maximum atomic E-state index is 14.0. The number of sulfonamides is 1. The fourth-order valence-electron chi connectivity index (χ4n) is 3.86. The molecule has 0 heterocycles. The number of rotatable bonds is 9. The summed E-state index contributed by atoms with van der Waals surface area (Å²) in [4.78, 5) is 28.5. The Morgan fingerprint density at radius 2 is 1.55 bits per heavy atom. The molecule has 0 aliphatic rings. The molecule has 1 N–H and O–H groups in total. The molecule has 3 aromatic rings. The molecule has 0 aliphatic carbocycles. The van der Waals surface area contributed by atoms with Crippen LogP contribution in [0.3, 0.4) is 0 Å². The van der Waals surface area contributed by atoms with E-state index >= 15 is 0 Å². The molecule has 1 unspecified atom stereocenters. The number of amides is 2. The van der Waals surface area contributed by atoms with Crippen molar-refractivity contribution in [2.75, 3.05) is 10.8 Å². The van der Waals surface area contributed by atoms with Gasteiger partial charge in [-0.15, -0.1) is 0 Å². The van der Waals surface area contributed by atoms with Crippen molar-refractivity contribution in [3.8, 4) is 0 Å². The first-order chi connectivity index (χ1) is 18.6. The van der Waals surface area contributed by atoms with Gasteiger partial charge in [0.15, 0.2) is 0 Å². The van der Waals surface area contributed by atoms with Crippen LogP contribution < -0.4 is 9.62 Å². The number of anilines is 1.